The average molecular weight is 481 g/mol. The summed E-state index contributed by atoms with van der Waals surface area (Å²) in [5.41, 5.74) is 3.24. The Kier molecular flexibility index (Phi) is 6.44. The van der Waals surface area contributed by atoms with E-state index in [1.165, 1.54) is 0 Å². The molecule has 3 N–H and O–H groups in total. The SMILES string of the molecule is O=C(NC1(C(=O)NCC2CCC(C(=O)O)O2)CCOC1)OCC1c2ccccc2-c2ccccc21. The van der Waals surface area contributed by atoms with Crippen LogP contribution in [0.5, 0.6) is 0 Å². The van der Waals surface area contributed by atoms with Crippen LogP contribution in [0, 0.1) is 0 Å². The molecule has 3 aliphatic rings. The fourth-order valence-electron chi connectivity index (χ4n) is 5.14. The first kappa shape index (κ1) is 23.3. The minimum Gasteiger partial charge on any atom is -0.479 e. The summed E-state index contributed by atoms with van der Waals surface area (Å²) in [4.78, 5) is 36.9. The number of fused-ring (bicyclic) bond motifs is 3. The molecular weight excluding hydrogens is 452 g/mol. The van der Waals surface area contributed by atoms with Gasteiger partial charge >= 0.3 is 12.1 Å². The predicted octanol–water partition coefficient (Wildman–Crippen LogP) is 2.43. The third-order valence-corrected chi connectivity index (χ3v) is 7.01. The van der Waals surface area contributed by atoms with Crippen molar-refractivity contribution in [3.8, 4) is 11.1 Å². The Morgan fingerprint density at radius 3 is 2.31 bits per heavy atom. The zero-order valence-electron chi connectivity index (χ0n) is 19.2. The van der Waals surface area contributed by atoms with E-state index in [1.54, 1.807) is 0 Å². The van der Waals surface area contributed by atoms with Crippen molar-refractivity contribution in [2.24, 2.45) is 0 Å². The summed E-state index contributed by atoms with van der Waals surface area (Å²) in [5, 5.41) is 14.6. The summed E-state index contributed by atoms with van der Waals surface area (Å²) in [6.07, 6.45) is -0.654. The van der Waals surface area contributed by atoms with E-state index in [0.29, 0.717) is 25.9 Å². The molecule has 2 amide bonds. The first-order valence-corrected chi connectivity index (χ1v) is 11.8. The lowest BCUT2D eigenvalue weighted by Gasteiger charge is -2.28. The van der Waals surface area contributed by atoms with Crippen LogP contribution in [0.4, 0.5) is 4.79 Å². The van der Waals surface area contributed by atoms with Gasteiger partial charge in [0, 0.05) is 25.5 Å². The highest BCUT2D eigenvalue weighted by molar-refractivity contribution is 5.90. The Labute approximate surface area is 202 Å². The molecule has 2 saturated heterocycles. The molecule has 2 aliphatic heterocycles. The lowest BCUT2D eigenvalue weighted by Crippen LogP contribution is -2.60. The molecule has 2 heterocycles. The summed E-state index contributed by atoms with van der Waals surface area (Å²) in [5.74, 6) is -1.48. The highest BCUT2D eigenvalue weighted by Crippen LogP contribution is 2.44. The van der Waals surface area contributed by atoms with Crippen LogP contribution in [0.3, 0.4) is 0 Å². The van der Waals surface area contributed by atoms with E-state index < -0.39 is 29.6 Å². The largest absolute Gasteiger partial charge is 0.479 e. The minimum absolute atomic E-state index is 0.0340. The van der Waals surface area contributed by atoms with Crippen LogP contribution in [0.15, 0.2) is 48.5 Å². The van der Waals surface area contributed by atoms with E-state index in [0.717, 1.165) is 22.3 Å². The molecule has 5 rings (SSSR count). The fraction of sp³-hybridized carbons (Fsp3) is 0.423. The van der Waals surface area contributed by atoms with Crippen molar-refractivity contribution in [1.29, 1.82) is 0 Å². The number of carboxylic acid groups (broad SMARTS) is 1. The maximum absolute atomic E-state index is 13.0. The van der Waals surface area contributed by atoms with Crippen LogP contribution >= 0.6 is 0 Å². The van der Waals surface area contributed by atoms with Crippen molar-refractivity contribution in [1.82, 2.24) is 10.6 Å². The maximum atomic E-state index is 13.0. The molecule has 2 fully saturated rings. The summed E-state index contributed by atoms with van der Waals surface area (Å²) >= 11 is 0. The van der Waals surface area contributed by atoms with Gasteiger partial charge in [0.15, 0.2) is 6.10 Å². The second-order valence-electron chi connectivity index (χ2n) is 9.21. The molecular formula is C26H28N2O7. The summed E-state index contributed by atoms with van der Waals surface area (Å²) < 4.78 is 16.5. The molecule has 9 heteroatoms. The molecule has 3 unspecified atom stereocenters. The Morgan fingerprint density at radius 1 is 1.03 bits per heavy atom. The number of hydrogen-bond acceptors (Lipinski definition) is 6. The average Bonchev–Trinajstić information content (AvgIpc) is 3.60. The highest BCUT2D eigenvalue weighted by atomic mass is 16.6. The molecule has 0 bridgehead atoms. The van der Waals surface area contributed by atoms with Crippen LogP contribution in [0.2, 0.25) is 0 Å². The van der Waals surface area contributed by atoms with Gasteiger partial charge in [-0.2, -0.15) is 0 Å². The van der Waals surface area contributed by atoms with E-state index in [1.807, 2.05) is 36.4 Å². The molecule has 0 radical (unpaired) electrons. The minimum atomic E-state index is -1.24. The molecule has 184 valence electrons. The summed E-state index contributed by atoms with van der Waals surface area (Å²) in [6, 6.07) is 16.1. The van der Waals surface area contributed by atoms with Gasteiger partial charge in [0.2, 0.25) is 5.91 Å². The van der Waals surface area contributed by atoms with Gasteiger partial charge in [-0.25, -0.2) is 9.59 Å². The number of carbonyl (C=O) groups is 3. The number of amides is 2. The lowest BCUT2D eigenvalue weighted by molar-refractivity contribution is -0.149. The molecule has 0 aromatic heterocycles. The van der Waals surface area contributed by atoms with Crippen LogP contribution in [0.1, 0.15) is 36.3 Å². The van der Waals surface area contributed by atoms with Gasteiger partial charge in [0.1, 0.15) is 12.1 Å². The van der Waals surface area contributed by atoms with Crippen LogP contribution in [-0.2, 0) is 23.8 Å². The van der Waals surface area contributed by atoms with E-state index in [-0.39, 0.29) is 31.8 Å². The van der Waals surface area contributed by atoms with Gasteiger partial charge in [-0.3, -0.25) is 4.79 Å². The van der Waals surface area contributed by atoms with E-state index in [4.69, 9.17) is 19.3 Å². The Hall–Kier alpha value is -3.43. The molecule has 2 aromatic rings. The Balaban J connectivity index is 1.20. The fourth-order valence-corrected chi connectivity index (χ4v) is 5.14. The number of nitrogens with one attached hydrogen (secondary N) is 2. The predicted molar refractivity (Wildman–Crippen MR) is 125 cm³/mol. The monoisotopic (exact) mass is 480 g/mol. The Morgan fingerprint density at radius 2 is 1.71 bits per heavy atom. The molecule has 9 nitrogen and oxygen atoms in total. The van der Waals surface area contributed by atoms with Crippen molar-refractivity contribution in [3.05, 3.63) is 59.7 Å². The van der Waals surface area contributed by atoms with Crippen molar-refractivity contribution in [2.75, 3.05) is 26.4 Å². The van der Waals surface area contributed by atoms with Gasteiger partial charge in [-0.15, -0.1) is 0 Å². The van der Waals surface area contributed by atoms with Crippen molar-refractivity contribution >= 4 is 18.0 Å². The number of benzene rings is 2. The topological polar surface area (TPSA) is 123 Å². The number of alkyl carbamates (subject to hydrolysis) is 1. The van der Waals surface area contributed by atoms with E-state index in [2.05, 4.69) is 22.8 Å². The summed E-state index contributed by atoms with van der Waals surface area (Å²) in [7, 11) is 0. The number of aliphatic carboxylic acids is 1. The maximum Gasteiger partial charge on any atom is 0.408 e. The molecule has 0 spiro atoms. The van der Waals surface area contributed by atoms with Crippen molar-refractivity contribution in [3.63, 3.8) is 0 Å². The van der Waals surface area contributed by atoms with Gasteiger partial charge < -0.3 is 30.0 Å². The second kappa shape index (κ2) is 9.67. The van der Waals surface area contributed by atoms with Crippen LogP contribution < -0.4 is 10.6 Å². The zero-order valence-corrected chi connectivity index (χ0v) is 19.2. The molecule has 2 aromatic carbocycles. The lowest BCUT2D eigenvalue weighted by atomic mass is 9.97. The van der Waals surface area contributed by atoms with Gasteiger partial charge in [-0.05, 0) is 35.1 Å². The van der Waals surface area contributed by atoms with Crippen molar-refractivity contribution < 1.29 is 33.7 Å². The number of carboxylic acids is 1. The number of carbonyl (C=O) groups excluding carboxylic acids is 2. The van der Waals surface area contributed by atoms with Gasteiger partial charge in [-0.1, -0.05) is 48.5 Å². The molecule has 3 atom stereocenters. The van der Waals surface area contributed by atoms with Gasteiger partial charge in [0.25, 0.3) is 0 Å². The number of rotatable bonds is 7. The third-order valence-electron chi connectivity index (χ3n) is 7.01. The number of ether oxygens (including phenoxy) is 3. The highest BCUT2D eigenvalue weighted by Gasteiger charge is 2.45. The molecule has 1 aliphatic carbocycles. The normalized spacial score (nSPS) is 25.0. The first-order chi connectivity index (χ1) is 17.0. The number of hydrogen-bond donors (Lipinski definition) is 3. The van der Waals surface area contributed by atoms with Gasteiger partial charge in [0.05, 0.1) is 12.7 Å². The van der Waals surface area contributed by atoms with Crippen LogP contribution in [-0.4, -0.2) is 67.2 Å². The standard InChI is InChI=1S/C26H28N2O7/c29-23(30)22-10-9-16(35-22)13-27-24(31)26(11-12-33-15-26)28-25(32)34-14-21-19-7-3-1-5-17(19)18-6-2-4-8-20(18)21/h1-8,16,21-22H,9-15H2,(H,27,31)(H,28,32)(H,29,30). The van der Waals surface area contributed by atoms with E-state index in [9.17, 15) is 14.4 Å². The second-order valence-corrected chi connectivity index (χ2v) is 9.21. The Bertz CT molecular complexity index is 1080. The first-order valence-electron chi connectivity index (χ1n) is 11.8. The summed E-state index contributed by atoms with van der Waals surface area (Å²) in [6.45, 7) is 0.673. The van der Waals surface area contributed by atoms with Crippen molar-refractivity contribution in [2.45, 2.75) is 42.9 Å². The quantitative estimate of drug-likeness (QED) is 0.556. The van der Waals surface area contributed by atoms with Crippen LogP contribution in [0.25, 0.3) is 11.1 Å². The molecule has 0 saturated carbocycles. The smallest absolute Gasteiger partial charge is 0.408 e. The van der Waals surface area contributed by atoms with E-state index >= 15 is 0 Å². The molecule has 35 heavy (non-hydrogen) atoms. The zero-order chi connectivity index (χ0) is 24.4. The third kappa shape index (κ3) is 4.61.